The number of carbonyl (C=O) groups is 3. The first kappa shape index (κ1) is 24.1. The normalized spacial score (nSPS) is 11.6. The minimum Gasteiger partial charge on any atom is -0.478 e. The molecule has 170 valence electrons. The van der Waals surface area contributed by atoms with E-state index in [9.17, 15) is 19.5 Å². The molecule has 3 aromatic rings. The van der Waals surface area contributed by atoms with Gasteiger partial charge < -0.3 is 15.7 Å². The van der Waals surface area contributed by atoms with Gasteiger partial charge >= 0.3 is 5.97 Å². The molecule has 3 rings (SSSR count). The lowest BCUT2D eigenvalue weighted by Gasteiger charge is -2.14. The van der Waals surface area contributed by atoms with Crippen LogP contribution in [0.1, 0.15) is 53.0 Å². The van der Waals surface area contributed by atoms with Crippen LogP contribution in [0.5, 0.6) is 0 Å². The van der Waals surface area contributed by atoms with Gasteiger partial charge in [0.25, 0.3) is 5.91 Å². The van der Waals surface area contributed by atoms with Crippen molar-refractivity contribution in [3.63, 3.8) is 0 Å². The highest BCUT2D eigenvalue weighted by atomic mass is 32.2. The van der Waals surface area contributed by atoms with Crippen molar-refractivity contribution in [2.45, 2.75) is 36.8 Å². The molecule has 6 nitrogen and oxygen atoms in total. The SMILES string of the molecule is CC(Sc1cccc(NC(=O)c2ccccc2C(=O)O)c1)C(=O)Nc1ccc(C(C)C)cc1. The third kappa shape index (κ3) is 6.46. The van der Waals surface area contributed by atoms with Crippen LogP contribution in [0.2, 0.25) is 0 Å². The molecule has 0 aliphatic rings. The van der Waals surface area contributed by atoms with Crippen LogP contribution in [0.15, 0.2) is 77.7 Å². The number of carbonyl (C=O) groups excluding carboxylic acids is 2. The lowest BCUT2D eigenvalue weighted by molar-refractivity contribution is -0.115. The van der Waals surface area contributed by atoms with E-state index in [0.29, 0.717) is 11.6 Å². The summed E-state index contributed by atoms with van der Waals surface area (Å²) in [5, 5.41) is 14.6. The van der Waals surface area contributed by atoms with E-state index in [4.69, 9.17) is 0 Å². The van der Waals surface area contributed by atoms with Crippen molar-refractivity contribution < 1.29 is 19.5 Å². The third-order valence-corrected chi connectivity index (χ3v) is 6.11. The van der Waals surface area contributed by atoms with Crippen molar-refractivity contribution in [2.24, 2.45) is 0 Å². The number of carboxylic acid groups (broad SMARTS) is 1. The molecule has 3 N–H and O–H groups in total. The van der Waals surface area contributed by atoms with Gasteiger partial charge in [0.2, 0.25) is 5.91 Å². The predicted molar refractivity (Wildman–Crippen MR) is 132 cm³/mol. The summed E-state index contributed by atoms with van der Waals surface area (Å²) in [6.45, 7) is 6.05. The van der Waals surface area contributed by atoms with E-state index < -0.39 is 11.9 Å². The zero-order valence-corrected chi connectivity index (χ0v) is 19.5. The minimum atomic E-state index is -1.16. The maximum absolute atomic E-state index is 12.6. The average molecular weight is 463 g/mol. The Bertz CT molecular complexity index is 1160. The lowest BCUT2D eigenvalue weighted by atomic mass is 10.0. The van der Waals surface area contributed by atoms with Crippen LogP contribution in [0.4, 0.5) is 11.4 Å². The maximum atomic E-state index is 12.6. The number of thioether (sulfide) groups is 1. The molecule has 0 spiro atoms. The summed E-state index contributed by atoms with van der Waals surface area (Å²) < 4.78 is 0. The molecule has 0 aliphatic heterocycles. The zero-order valence-electron chi connectivity index (χ0n) is 18.7. The monoisotopic (exact) mass is 462 g/mol. The van der Waals surface area contributed by atoms with E-state index in [1.165, 1.54) is 29.5 Å². The summed E-state index contributed by atoms with van der Waals surface area (Å²) in [5.74, 6) is -1.37. The van der Waals surface area contributed by atoms with Gasteiger partial charge in [0.1, 0.15) is 0 Å². The fourth-order valence-corrected chi connectivity index (χ4v) is 4.09. The Morgan fingerprint density at radius 2 is 1.45 bits per heavy atom. The summed E-state index contributed by atoms with van der Waals surface area (Å²) in [6, 6.07) is 21.0. The number of benzene rings is 3. The van der Waals surface area contributed by atoms with Gasteiger partial charge in [-0.1, -0.05) is 44.2 Å². The molecule has 3 aromatic carbocycles. The van der Waals surface area contributed by atoms with E-state index in [1.54, 1.807) is 30.3 Å². The third-order valence-electron chi connectivity index (χ3n) is 5.02. The van der Waals surface area contributed by atoms with Crippen LogP contribution in [-0.4, -0.2) is 28.1 Å². The molecule has 33 heavy (non-hydrogen) atoms. The molecule has 0 saturated carbocycles. The summed E-state index contributed by atoms with van der Waals surface area (Å²) in [7, 11) is 0. The van der Waals surface area contributed by atoms with Crippen molar-refractivity contribution in [2.75, 3.05) is 10.6 Å². The molecule has 0 bridgehead atoms. The fourth-order valence-electron chi connectivity index (χ4n) is 3.17. The van der Waals surface area contributed by atoms with Gasteiger partial charge in [-0.15, -0.1) is 11.8 Å². The summed E-state index contributed by atoms with van der Waals surface area (Å²) in [5.41, 5.74) is 2.49. The second kappa shape index (κ2) is 10.8. The quantitative estimate of drug-likeness (QED) is 0.363. The molecule has 0 fully saturated rings. The molecular weight excluding hydrogens is 436 g/mol. The Morgan fingerprint density at radius 1 is 0.788 bits per heavy atom. The lowest BCUT2D eigenvalue weighted by Crippen LogP contribution is -2.22. The van der Waals surface area contributed by atoms with Gasteiger partial charge in [0.05, 0.1) is 16.4 Å². The van der Waals surface area contributed by atoms with Crippen LogP contribution in [0.25, 0.3) is 0 Å². The molecule has 1 atom stereocenters. The Labute approximate surface area is 197 Å². The van der Waals surface area contributed by atoms with Crippen molar-refractivity contribution >= 4 is 40.9 Å². The Kier molecular flexibility index (Phi) is 7.90. The number of amides is 2. The summed E-state index contributed by atoms with van der Waals surface area (Å²) in [6.07, 6.45) is 0. The average Bonchev–Trinajstić information content (AvgIpc) is 2.79. The number of rotatable bonds is 8. The number of nitrogens with one attached hydrogen (secondary N) is 2. The molecule has 0 aromatic heterocycles. The molecule has 0 saturated heterocycles. The molecule has 1 unspecified atom stereocenters. The summed E-state index contributed by atoms with van der Waals surface area (Å²) in [4.78, 5) is 37.4. The van der Waals surface area contributed by atoms with Crippen LogP contribution in [-0.2, 0) is 4.79 Å². The molecule has 0 heterocycles. The van der Waals surface area contributed by atoms with Gasteiger partial charge in [0.15, 0.2) is 0 Å². The number of anilines is 2. The number of carboxylic acids is 1. The van der Waals surface area contributed by atoms with Crippen molar-refractivity contribution in [1.29, 1.82) is 0 Å². The zero-order chi connectivity index (χ0) is 24.0. The number of hydrogen-bond acceptors (Lipinski definition) is 4. The largest absolute Gasteiger partial charge is 0.478 e. The number of hydrogen-bond donors (Lipinski definition) is 3. The smallest absolute Gasteiger partial charge is 0.336 e. The van der Waals surface area contributed by atoms with Gasteiger partial charge in [-0.05, 0) is 60.9 Å². The van der Waals surface area contributed by atoms with Crippen LogP contribution in [0.3, 0.4) is 0 Å². The number of aromatic carboxylic acids is 1. The van der Waals surface area contributed by atoms with Crippen LogP contribution in [0, 0.1) is 0 Å². The molecular formula is C26H26N2O4S. The standard InChI is InChI=1S/C26H26N2O4S/c1-16(2)18-11-13-19(14-12-18)27-24(29)17(3)33-21-8-6-7-20(15-21)28-25(30)22-9-4-5-10-23(22)26(31)32/h4-17H,1-3H3,(H,27,29)(H,28,30)(H,31,32). The van der Waals surface area contributed by atoms with E-state index >= 15 is 0 Å². The van der Waals surface area contributed by atoms with Gasteiger partial charge in [-0.2, -0.15) is 0 Å². The van der Waals surface area contributed by atoms with E-state index in [1.807, 2.05) is 37.3 Å². The van der Waals surface area contributed by atoms with Crippen LogP contribution >= 0.6 is 11.8 Å². The van der Waals surface area contributed by atoms with Gasteiger partial charge in [0, 0.05) is 16.3 Å². The Hall–Kier alpha value is -3.58. The highest BCUT2D eigenvalue weighted by molar-refractivity contribution is 8.00. The van der Waals surface area contributed by atoms with E-state index in [0.717, 1.165) is 10.6 Å². The van der Waals surface area contributed by atoms with Crippen molar-refractivity contribution in [3.05, 3.63) is 89.5 Å². The first-order chi connectivity index (χ1) is 15.7. The first-order valence-electron chi connectivity index (χ1n) is 10.6. The second-order valence-corrected chi connectivity index (χ2v) is 9.27. The molecule has 0 aliphatic carbocycles. The predicted octanol–water partition coefficient (Wildman–Crippen LogP) is 5.88. The Balaban J connectivity index is 1.64. The van der Waals surface area contributed by atoms with Gasteiger partial charge in [-0.3, -0.25) is 9.59 Å². The van der Waals surface area contributed by atoms with Crippen molar-refractivity contribution in [3.8, 4) is 0 Å². The molecule has 2 amide bonds. The molecule has 7 heteroatoms. The highest BCUT2D eigenvalue weighted by Crippen LogP contribution is 2.27. The van der Waals surface area contributed by atoms with Gasteiger partial charge in [-0.25, -0.2) is 4.79 Å². The topological polar surface area (TPSA) is 95.5 Å². The van der Waals surface area contributed by atoms with E-state index in [2.05, 4.69) is 24.5 Å². The molecule has 0 radical (unpaired) electrons. The summed E-state index contributed by atoms with van der Waals surface area (Å²) >= 11 is 1.37. The fraction of sp³-hybridized carbons (Fsp3) is 0.192. The Morgan fingerprint density at radius 3 is 2.09 bits per heavy atom. The van der Waals surface area contributed by atoms with E-state index in [-0.39, 0.29) is 22.3 Å². The minimum absolute atomic E-state index is 0.0627. The van der Waals surface area contributed by atoms with Crippen LogP contribution < -0.4 is 10.6 Å². The highest BCUT2D eigenvalue weighted by Gasteiger charge is 2.17. The maximum Gasteiger partial charge on any atom is 0.336 e. The second-order valence-electron chi connectivity index (χ2n) is 7.86. The first-order valence-corrected chi connectivity index (χ1v) is 11.4. The van der Waals surface area contributed by atoms with Crippen molar-refractivity contribution in [1.82, 2.24) is 0 Å².